The molecular weight excluding hydrogens is 432 g/mol. The zero-order valence-corrected chi connectivity index (χ0v) is 16.9. The summed E-state index contributed by atoms with van der Waals surface area (Å²) in [6, 6.07) is 3.62. The molecule has 23 heavy (non-hydrogen) atoms. The van der Waals surface area contributed by atoms with Gasteiger partial charge < -0.3 is 23.7 Å². The Morgan fingerprint density at radius 2 is 1.57 bits per heavy atom. The minimum absolute atomic E-state index is 0.276. The summed E-state index contributed by atoms with van der Waals surface area (Å²) in [5.41, 5.74) is 0.832. The van der Waals surface area contributed by atoms with Crippen molar-refractivity contribution in [1.29, 1.82) is 0 Å². The van der Waals surface area contributed by atoms with Gasteiger partial charge in [0.25, 0.3) is 0 Å². The monoisotopic (exact) mass is 452 g/mol. The Hall–Kier alpha value is -0.760. The standard InChI is InChI=1S/C16H22Br2O5/c1-5-21-16(22-6-2)10-23-12-9-14(20-4)13(19-3)7-11(12)8-15(17)18/h7-9,16H,5-6,10H2,1-4H3. The number of halogens is 2. The molecule has 0 amide bonds. The van der Waals surface area contributed by atoms with E-state index in [1.54, 1.807) is 20.3 Å². The van der Waals surface area contributed by atoms with Crippen molar-refractivity contribution in [2.24, 2.45) is 0 Å². The number of methoxy groups -OCH3 is 2. The molecule has 0 radical (unpaired) electrons. The van der Waals surface area contributed by atoms with Crippen LogP contribution in [-0.2, 0) is 9.47 Å². The molecule has 0 aliphatic heterocycles. The van der Waals surface area contributed by atoms with Crippen LogP contribution in [0, 0.1) is 0 Å². The molecule has 5 nitrogen and oxygen atoms in total. The molecule has 0 bridgehead atoms. The molecule has 0 heterocycles. The van der Waals surface area contributed by atoms with E-state index in [2.05, 4.69) is 31.9 Å². The molecule has 1 aromatic carbocycles. The van der Waals surface area contributed by atoms with Gasteiger partial charge in [-0.1, -0.05) is 0 Å². The predicted octanol–water partition coefficient (Wildman–Crippen LogP) is 4.57. The predicted molar refractivity (Wildman–Crippen MR) is 97.9 cm³/mol. The van der Waals surface area contributed by atoms with Crippen LogP contribution < -0.4 is 14.2 Å². The van der Waals surface area contributed by atoms with Gasteiger partial charge in [-0.25, -0.2) is 0 Å². The third kappa shape index (κ3) is 6.71. The van der Waals surface area contributed by atoms with Crippen LogP contribution in [-0.4, -0.2) is 40.3 Å². The van der Waals surface area contributed by atoms with E-state index in [-0.39, 0.29) is 6.61 Å². The zero-order chi connectivity index (χ0) is 17.2. The lowest BCUT2D eigenvalue weighted by Gasteiger charge is -2.19. The van der Waals surface area contributed by atoms with E-state index in [1.807, 2.05) is 26.0 Å². The van der Waals surface area contributed by atoms with E-state index in [0.717, 1.165) is 8.96 Å². The third-order valence-electron chi connectivity index (χ3n) is 2.86. The van der Waals surface area contributed by atoms with Crippen molar-refractivity contribution in [2.75, 3.05) is 34.0 Å². The van der Waals surface area contributed by atoms with Gasteiger partial charge in [0.1, 0.15) is 12.4 Å². The molecule has 7 heteroatoms. The van der Waals surface area contributed by atoms with Gasteiger partial charge in [0.15, 0.2) is 17.8 Å². The second-order valence-electron chi connectivity index (χ2n) is 4.33. The van der Waals surface area contributed by atoms with Gasteiger partial charge in [0.2, 0.25) is 0 Å². The molecule has 0 aromatic heterocycles. The van der Waals surface area contributed by atoms with Gasteiger partial charge in [-0.2, -0.15) is 0 Å². The maximum atomic E-state index is 5.88. The van der Waals surface area contributed by atoms with Gasteiger partial charge in [0, 0.05) is 24.8 Å². The first kappa shape index (κ1) is 20.3. The number of benzene rings is 1. The first-order chi connectivity index (χ1) is 11.0. The Bertz CT molecular complexity index is 509. The summed E-state index contributed by atoms with van der Waals surface area (Å²) in [5, 5.41) is 0. The van der Waals surface area contributed by atoms with Crippen LogP contribution >= 0.6 is 31.9 Å². The molecule has 0 saturated carbocycles. The van der Waals surface area contributed by atoms with E-state index in [4.69, 9.17) is 23.7 Å². The highest BCUT2D eigenvalue weighted by atomic mass is 79.9. The maximum absolute atomic E-state index is 5.88. The molecule has 0 aliphatic rings. The van der Waals surface area contributed by atoms with Crippen LogP contribution in [0.3, 0.4) is 0 Å². The molecule has 0 saturated heterocycles. The molecule has 0 fully saturated rings. The second kappa shape index (κ2) is 10.9. The first-order valence-corrected chi connectivity index (χ1v) is 8.78. The highest BCUT2D eigenvalue weighted by Crippen LogP contribution is 2.37. The Kier molecular flexibility index (Phi) is 9.62. The lowest BCUT2D eigenvalue weighted by atomic mass is 10.1. The molecule has 1 rings (SSSR count). The molecular formula is C16H22Br2O5. The van der Waals surface area contributed by atoms with Crippen LogP contribution in [0.15, 0.2) is 15.5 Å². The van der Waals surface area contributed by atoms with Crippen molar-refractivity contribution in [3.05, 3.63) is 21.1 Å². The van der Waals surface area contributed by atoms with E-state index >= 15 is 0 Å². The lowest BCUT2D eigenvalue weighted by Crippen LogP contribution is -2.25. The quantitative estimate of drug-likeness (QED) is 0.485. The van der Waals surface area contributed by atoms with Crippen molar-refractivity contribution in [3.63, 3.8) is 0 Å². The Morgan fingerprint density at radius 1 is 1.00 bits per heavy atom. The van der Waals surface area contributed by atoms with Gasteiger partial charge >= 0.3 is 0 Å². The topological polar surface area (TPSA) is 46.2 Å². The molecule has 1 aromatic rings. The minimum Gasteiger partial charge on any atom is -0.493 e. The van der Waals surface area contributed by atoms with Crippen molar-refractivity contribution >= 4 is 37.9 Å². The molecule has 0 N–H and O–H groups in total. The van der Waals surface area contributed by atoms with E-state index < -0.39 is 6.29 Å². The summed E-state index contributed by atoms with van der Waals surface area (Å²) in [6.07, 6.45) is 1.45. The highest BCUT2D eigenvalue weighted by molar-refractivity contribution is 9.28. The van der Waals surface area contributed by atoms with E-state index in [9.17, 15) is 0 Å². The van der Waals surface area contributed by atoms with Crippen LogP contribution in [0.1, 0.15) is 19.4 Å². The average Bonchev–Trinajstić information content (AvgIpc) is 2.52. The number of hydrogen-bond acceptors (Lipinski definition) is 5. The summed E-state index contributed by atoms with van der Waals surface area (Å²) in [5.74, 6) is 1.86. The number of ether oxygens (including phenoxy) is 5. The summed E-state index contributed by atoms with van der Waals surface area (Å²) in [7, 11) is 3.18. The maximum Gasteiger partial charge on any atom is 0.191 e. The van der Waals surface area contributed by atoms with Crippen LogP contribution in [0.5, 0.6) is 17.2 Å². The van der Waals surface area contributed by atoms with E-state index in [1.165, 1.54) is 0 Å². The van der Waals surface area contributed by atoms with Crippen molar-refractivity contribution < 1.29 is 23.7 Å². The van der Waals surface area contributed by atoms with Crippen molar-refractivity contribution in [2.45, 2.75) is 20.1 Å². The Labute approximate surface area is 154 Å². The van der Waals surface area contributed by atoms with Gasteiger partial charge in [-0.3, -0.25) is 0 Å². The van der Waals surface area contributed by atoms with Crippen LogP contribution in [0.25, 0.3) is 6.08 Å². The molecule has 0 spiro atoms. The first-order valence-electron chi connectivity index (χ1n) is 7.20. The summed E-state index contributed by atoms with van der Waals surface area (Å²) >= 11 is 6.72. The fraction of sp³-hybridized carbons (Fsp3) is 0.500. The molecule has 0 unspecified atom stereocenters. The van der Waals surface area contributed by atoms with Crippen molar-refractivity contribution in [1.82, 2.24) is 0 Å². The summed E-state index contributed by atoms with van der Waals surface area (Å²) in [4.78, 5) is 0. The normalized spacial score (nSPS) is 10.6. The SMILES string of the molecule is CCOC(COc1cc(OC)c(OC)cc1C=C(Br)Br)OCC. The van der Waals surface area contributed by atoms with Crippen molar-refractivity contribution in [3.8, 4) is 17.2 Å². The fourth-order valence-electron chi connectivity index (χ4n) is 1.91. The highest BCUT2D eigenvalue weighted by Gasteiger charge is 2.14. The lowest BCUT2D eigenvalue weighted by molar-refractivity contribution is -0.152. The average molecular weight is 454 g/mol. The molecule has 130 valence electrons. The van der Waals surface area contributed by atoms with Crippen LogP contribution in [0.2, 0.25) is 0 Å². The number of rotatable bonds is 10. The second-order valence-corrected chi connectivity index (χ2v) is 7.10. The molecule has 0 aliphatic carbocycles. The number of hydrogen-bond donors (Lipinski definition) is 0. The fourth-order valence-corrected chi connectivity index (χ4v) is 2.40. The largest absolute Gasteiger partial charge is 0.493 e. The molecule has 0 atom stereocenters. The minimum atomic E-state index is -0.415. The van der Waals surface area contributed by atoms with Gasteiger partial charge in [-0.05, 0) is 57.8 Å². The summed E-state index contributed by atoms with van der Waals surface area (Å²) in [6.45, 7) is 5.22. The third-order valence-corrected chi connectivity index (χ3v) is 3.32. The zero-order valence-electron chi connectivity index (χ0n) is 13.7. The van der Waals surface area contributed by atoms with Gasteiger partial charge in [-0.15, -0.1) is 0 Å². The van der Waals surface area contributed by atoms with Gasteiger partial charge in [0.05, 0.1) is 17.6 Å². The Balaban J connectivity index is 3.04. The summed E-state index contributed by atoms with van der Waals surface area (Å²) < 4.78 is 28.3. The van der Waals surface area contributed by atoms with Crippen LogP contribution in [0.4, 0.5) is 0 Å². The van der Waals surface area contributed by atoms with E-state index in [0.29, 0.717) is 30.5 Å². The Morgan fingerprint density at radius 3 is 2.04 bits per heavy atom. The smallest absolute Gasteiger partial charge is 0.191 e.